The second kappa shape index (κ2) is 9.42. The third kappa shape index (κ3) is 5.38. The number of halogens is 1. The van der Waals surface area contributed by atoms with Crippen LogP contribution in [0.15, 0.2) is 53.9 Å². The van der Waals surface area contributed by atoms with Crippen molar-refractivity contribution in [3.05, 3.63) is 69.0 Å². The third-order valence-corrected chi connectivity index (χ3v) is 6.14. The minimum Gasteiger partial charge on any atom is -0.346 e. The Morgan fingerprint density at radius 3 is 2.61 bits per heavy atom. The molecule has 0 radical (unpaired) electrons. The van der Waals surface area contributed by atoms with E-state index in [0.717, 1.165) is 42.6 Å². The largest absolute Gasteiger partial charge is 0.346 e. The van der Waals surface area contributed by atoms with Crippen LogP contribution in [0.3, 0.4) is 0 Å². The fourth-order valence-electron chi connectivity index (χ4n) is 3.36. The maximum Gasteiger partial charge on any atom is 0.271 e. The molecular weight excluding hydrogens is 438 g/mol. The SMILES string of the molecule is O=C(CN1CCN(c2nc(-c3ccc(Cl)cc3)cs2)CC1)Nc1cccc([N+](=O)[O-])c1. The van der Waals surface area contributed by atoms with Gasteiger partial charge in [0.1, 0.15) is 0 Å². The molecule has 0 atom stereocenters. The Hall–Kier alpha value is -3.01. The van der Waals surface area contributed by atoms with E-state index in [0.29, 0.717) is 10.7 Å². The molecule has 2 heterocycles. The Labute approximate surface area is 188 Å². The summed E-state index contributed by atoms with van der Waals surface area (Å²) >= 11 is 7.56. The lowest BCUT2D eigenvalue weighted by Gasteiger charge is -2.34. The van der Waals surface area contributed by atoms with Crippen LogP contribution in [-0.4, -0.2) is 53.4 Å². The lowest BCUT2D eigenvalue weighted by atomic mass is 10.2. The van der Waals surface area contributed by atoms with E-state index in [-0.39, 0.29) is 18.1 Å². The van der Waals surface area contributed by atoms with E-state index in [4.69, 9.17) is 16.6 Å². The summed E-state index contributed by atoms with van der Waals surface area (Å²) in [6, 6.07) is 13.6. The number of amides is 1. The first-order valence-electron chi connectivity index (χ1n) is 9.71. The van der Waals surface area contributed by atoms with Crippen LogP contribution in [0.5, 0.6) is 0 Å². The van der Waals surface area contributed by atoms with Gasteiger partial charge >= 0.3 is 0 Å². The van der Waals surface area contributed by atoms with Crippen molar-refractivity contribution in [3.63, 3.8) is 0 Å². The average Bonchev–Trinajstić information content (AvgIpc) is 3.25. The van der Waals surface area contributed by atoms with Gasteiger partial charge in [-0.15, -0.1) is 11.3 Å². The predicted molar refractivity (Wildman–Crippen MR) is 123 cm³/mol. The van der Waals surface area contributed by atoms with Crippen molar-refractivity contribution in [2.75, 3.05) is 42.9 Å². The monoisotopic (exact) mass is 457 g/mol. The Kier molecular flexibility index (Phi) is 6.45. The fraction of sp³-hybridized carbons (Fsp3) is 0.238. The highest BCUT2D eigenvalue weighted by Gasteiger charge is 2.21. The number of nitro benzene ring substituents is 1. The number of nitro groups is 1. The van der Waals surface area contributed by atoms with E-state index in [9.17, 15) is 14.9 Å². The van der Waals surface area contributed by atoms with E-state index in [2.05, 4.69) is 15.1 Å². The molecule has 31 heavy (non-hydrogen) atoms. The quantitative estimate of drug-likeness (QED) is 0.442. The number of hydrogen-bond acceptors (Lipinski definition) is 7. The molecule has 1 saturated heterocycles. The highest BCUT2D eigenvalue weighted by Crippen LogP contribution is 2.28. The Morgan fingerprint density at radius 2 is 1.90 bits per heavy atom. The van der Waals surface area contributed by atoms with Crippen molar-refractivity contribution in [2.24, 2.45) is 0 Å². The molecule has 1 aliphatic heterocycles. The van der Waals surface area contributed by atoms with Gasteiger partial charge in [0, 0.05) is 60.0 Å². The molecule has 8 nitrogen and oxygen atoms in total. The molecule has 1 amide bonds. The molecule has 1 aromatic heterocycles. The van der Waals surface area contributed by atoms with Crippen LogP contribution in [0, 0.1) is 10.1 Å². The zero-order valence-corrected chi connectivity index (χ0v) is 18.1. The number of benzene rings is 2. The van der Waals surface area contributed by atoms with Gasteiger partial charge in [0.05, 0.1) is 17.2 Å². The van der Waals surface area contributed by atoms with Crippen LogP contribution in [0.2, 0.25) is 5.02 Å². The molecule has 4 rings (SSSR count). The number of nitrogens with zero attached hydrogens (tertiary/aromatic N) is 4. The Morgan fingerprint density at radius 1 is 1.16 bits per heavy atom. The molecule has 0 spiro atoms. The Balaban J connectivity index is 1.29. The summed E-state index contributed by atoms with van der Waals surface area (Å²) < 4.78 is 0. The van der Waals surface area contributed by atoms with Crippen molar-refractivity contribution >= 4 is 45.4 Å². The molecule has 0 aliphatic carbocycles. The summed E-state index contributed by atoms with van der Waals surface area (Å²) in [5.74, 6) is -0.187. The smallest absolute Gasteiger partial charge is 0.271 e. The summed E-state index contributed by atoms with van der Waals surface area (Å²) in [6.45, 7) is 3.26. The number of hydrogen-bond donors (Lipinski definition) is 1. The molecule has 10 heteroatoms. The molecule has 1 aliphatic rings. The molecule has 3 aromatic rings. The number of anilines is 2. The van der Waals surface area contributed by atoms with Gasteiger partial charge in [0.25, 0.3) is 5.69 Å². The van der Waals surface area contributed by atoms with Crippen LogP contribution in [-0.2, 0) is 4.79 Å². The summed E-state index contributed by atoms with van der Waals surface area (Å²) in [5, 5.41) is 17.3. The highest BCUT2D eigenvalue weighted by molar-refractivity contribution is 7.14. The number of nitrogens with one attached hydrogen (secondary N) is 1. The lowest BCUT2D eigenvalue weighted by molar-refractivity contribution is -0.384. The third-order valence-electron chi connectivity index (χ3n) is 4.98. The molecule has 160 valence electrons. The molecule has 2 aromatic carbocycles. The van der Waals surface area contributed by atoms with E-state index >= 15 is 0 Å². The summed E-state index contributed by atoms with van der Waals surface area (Å²) in [4.78, 5) is 31.8. The topological polar surface area (TPSA) is 91.6 Å². The number of aromatic nitrogens is 1. The van der Waals surface area contributed by atoms with Gasteiger partial charge in [-0.3, -0.25) is 19.8 Å². The highest BCUT2D eigenvalue weighted by atomic mass is 35.5. The van der Waals surface area contributed by atoms with Crippen LogP contribution >= 0.6 is 22.9 Å². The minimum atomic E-state index is -0.480. The van der Waals surface area contributed by atoms with Crippen LogP contribution < -0.4 is 10.2 Å². The number of carbonyl (C=O) groups excluding carboxylic acids is 1. The van der Waals surface area contributed by atoms with Crippen molar-refractivity contribution < 1.29 is 9.72 Å². The van der Waals surface area contributed by atoms with Gasteiger partial charge in [0.2, 0.25) is 5.91 Å². The van der Waals surface area contributed by atoms with Gasteiger partial charge < -0.3 is 10.2 Å². The summed E-state index contributed by atoms with van der Waals surface area (Å²) in [5.41, 5.74) is 2.34. The summed E-state index contributed by atoms with van der Waals surface area (Å²) in [6.07, 6.45) is 0. The number of piperazine rings is 1. The van der Waals surface area contributed by atoms with Gasteiger partial charge in [-0.25, -0.2) is 4.98 Å². The van der Waals surface area contributed by atoms with Crippen LogP contribution in [0.1, 0.15) is 0 Å². The average molecular weight is 458 g/mol. The second-order valence-electron chi connectivity index (χ2n) is 7.14. The van der Waals surface area contributed by atoms with Gasteiger partial charge in [-0.2, -0.15) is 0 Å². The fourth-order valence-corrected chi connectivity index (χ4v) is 4.38. The Bertz CT molecular complexity index is 1080. The zero-order valence-electron chi connectivity index (χ0n) is 16.5. The number of carbonyl (C=O) groups is 1. The first kappa shape index (κ1) is 21.2. The molecular formula is C21H20ClN5O3S. The maximum atomic E-state index is 12.3. The first-order valence-corrected chi connectivity index (χ1v) is 11.0. The normalized spacial score (nSPS) is 14.4. The summed E-state index contributed by atoms with van der Waals surface area (Å²) in [7, 11) is 0. The van der Waals surface area contributed by atoms with Crippen molar-refractivity contribution in [2.45, 2.75) is 0 Å². The molecule has 1 fully saturated rings. The van der Waals surface area contributed by atoms with Crippen molar-refractivity contribution in [1.29, 1.82) is 0 Å². The van der Waals surface area contributed by atoms with Gasteiger partial charge in [0.15, 0.2) is 5.13 Å². The minimum absolute atomic E-state index is 0.0483. The first-order chi connectivity index (χ1) is 15.0. The molecule has 0 unspecified atom stereocenters. The number of thiazole rings is 1. The van der Waals surface area contributed by atoms with Crippen molar-refractivity contribution in [3.8, 4) is 11.3 Å². The van der Waals surface area contributed by atoms with E-state index < -0.39 is 4.92 Å². The molecule has 0 saturated carbocycles. The predicted octanol–water partition coefficient (Wildman–Crippen LogP) is 4.13. The van der Waals surface area contributed by atoms with Crippen LogP contribution in [0.4, 0.5) is 16.5 Å². The standard InChI is InChI=1S/C21H20ClN5O3S/c22-16-6-4-15(5-7-16)19-14-31-21(24-19)26-10-8-25(9-11-26)13-20(28)23-17-2-1-3-18(12-17)27(29)30/h1-7,12,14H,8-11,13H2,(H,23,28). The van der Waals surface area contributed by atoms with E-state index in [1.54, 1.807) is 23.5 Å². The maximum absolute atomic E-state index is 12.3. The lowest BCUT2D eigenvalue weighted by Crippen LogP contribution is -2.48. The second-order valence-corrected chi connectivity index (χ2v) is 8.41. The number of rotatable bonds is 6. The van der Waals surface area contributed by atoms with Gasteiger partial charge in [-0.05, 0) is 18.2 Å². The zero-order chi connectivity index (χ0) is 21.8. The van der Waals surface area contributed by atoms with E-state index in [1.165, 1.54) is 12.1 Å². The van der Waals surface area contributed by atoms with Crippen molar-refractivity contribution in [1.82, 2.24) is 9.88 Å². The molecule has 1 N–H and O–H groups in total. The van der Waals surface area contributed by atoms with Crippen LogP contribution in [0.25, 0.3) is 11.3 Å². The van der Waals surface area contributed by atoms with Gasteiger partial charge in [-0.1, -0.05) is 29.8 Å². The molecule has 0 bridgehead atoms. The number of non-ortho nitro benzene ring substituents is 1. The van der Waals surface area contributed by atoms with E-state index in [1.807, 2.05) is 29.6 Å².